The molecule has 0 unspecified atom stereocenters. The fourth-order valence-corrected chi connectivity index (χ4v) is 1.05. The van der Waals surface area contributed by atoms with E-state index in [1.54, 1.807) is 0 Å². The van der Waals surface area contributed by atoms with Crippen molar-refractivity contribution in [3.63, 3.8) is 0 Å². The summed E-state index contributed by atoms with van der Waals surface area (Å²) < 4.78 is 17.7. The summed E-state index contributed by atoms with van der Waals surface area (Å²) >= 11 is 0. The molecule has 1 aromatic carbocycles. The average molecular weight is 257 g/mol. The van der Waals surface area contributed by atoms with Crippen LogP contribution in [0.25, 0.3) is 0 Å². The van der Waals surface area contributed by atoms with Crippen molar-refractivity contribution in [3.05, 3.63) is 30.1 Å². The highest BCUT2D eigenvalue weighted by molar-refractivity contribution is 5.79. The van der Waals surface area contributed by atoms with Gasteiger partial charge in [0.2, 0.25) is 0 Å². The molecule has 0 spiro atoms. The number of ether oxygens (including phenoxy) is 1. The van der Waals surface area contributed by atoms with Crippen molar-refractivity contribution in [1.82, 2.24) is 5.32 Å². The Kier molecular flexibility index (Phi) is 5.06. The van der Waals surface area contributed by atoms with E-state index in [4.69, 9.17) is 14.9 Å². The SMILES string of the molecule is O=C(COc1cccc(F)c1)NC[C@H](O)C(=O)O. The number of rotatable bonds is 6. The van der Waals surface area contributed by atoms with E-state index in [1.165, 1.54) is 18.2 Å². The monoisotopic (exact) mass is 257 g/mol. The number of aliphatic hydroxyl groups excluding tert-OH is 1. The van der Waals surface area contributed by atoms with Crippen LogP contribution < -0.4 is 10.1 Å². The van der Waals surface area contributed by atoms with E-state index in [0.29, 0.717) is 0 Å². The Morgan fingerprint density at radius 3 is 2.78 bits per heavy atom. The van der Waals surface area contributed by atoms with Gasteiger partial charge in [-0.1, -0.05) is 6.07 Å². The third-order valence-electron chi connectivity index (χ3n) is 1.94. The van der Waals surface area contributed by atoms with E-state index in [1.807, 2.05) is 0 Å². The molecular weight excluding hydrogens is 245 g/mol. The number of nitrogens with one attached hydrogen (secondary N) is 1. The van der Waals surface area contributed by atoms with Crippen molar-refractivity contribution in [1.29, 1.82) is 0 Å². The van der Waals surface area contributed by atoms with Crippen molar-refractivity contribution in [2.45, 2.75) is 6.10 Å². The van der Waals surface area contributed by atoms with E-state index in [2.05, 4.69) is 5.32 Å². The number of carboxylic acids is 1. The number of carbonyl (C=O) groups excluding carboxylic acids is 1. The summed E-state index contributed by atoms with van der Waals surface area (Å²) in [5.41, 5.74) is 0. The molecule has 0 aliphatic carbocycles. The molecule has 0 saturated heterocycles. The highest BCUT2D eigenvalue weighted by atomic mass is 19.1. The zero-order chi connectivity index (χ0) is 13.5. The molecule has 1 rings (SSSR count). The summed E-state index contributed by atoms with van der Waals surface area (Å²) in [6.07, 6.45) is -1.66. The maximum absolute atomic E-state index is 12.8. The Morgan fingerprint density at radius 1 is 1.44 bits per heavy atom. The summed E-state index contributed by atoms with van der Waals surface area (Å²) in [5.74, 6) is -2.35. The predicted molar refractivity (Wildman–Crippen MR) is 58.5 cm³/mol. The topological polar surface area (TPSA) is 95.9 Å². The van der Waals surface area contributed by atoms with Crippen LogP contribution in [0.5, 0.6) is 5.75 Å². The lowest BCUT2D eigenvalue weighted by Crippen LogP contribution is -2.38. The molecule has 0 saturated carbocycles. The molecule has 0 heterocycles. The second-order valence-electron chi connectivity index (χ2n) is 3.40. The molecular formula is C11H12FNO5. The Bertz CT molecular complexity index is 437. The number of carbonyl (C=O) groups is 2. The molecule has 0 aliphatic heterocycles. The first kappa shape index (κ1) is 13.9. The number of halogens is 1. The van der Waals surface area contributed by atoms with Gasteiger partial charge in [-0.3, -0.25) is 4.79 Å². The number of benzene rings is 1. The molecule has 98 valence electrons. The average Bonchev–Trinajstić information content (AvgIpc) is 2.33. The molecule has 0 aliphatic rings. The maximum Gasteiger partial charge on any atom is 0.334 e. The zero-order valence-electron chi connectivity index (χ0n) is 9.30. The van der Waals surface area contributed by atoms with E-state index >= 15 is 0 Å². The van der Waals surface area contributed by atoms with Gasteiger partial charge < -0.3 is 20.3 Å². The highest BCUT2D eigenvalue weighted by Crippen LogP contribution is 2.11. The van der Waals surface area contributed by atoms with Crippen molar-refractivity contribution < 1.29 is 28.9 Å². The van der Waals surface area contributed by atoms with E-state index in [0.717, 1.165) is 6.07 Å². The molecule has 7 heteroatoms. The highest BCUT2D eigenvalue weighted by Gasteiger charge is 2.14. The van der Waals surface area contributed by atoms with Crippen molar-refractivity contribution in [2.75, 3.05) is 13.2 Å². The number of aliphatic carboxylic acids is 1. The fraction of sp³-hybridized carbons (Fsp3) is 0.273. The molecule has 6 nitrogen and oxygen atoms in total. The van der Waals surface area contributed by atoms with Crippen LogP contribution in [0.4, 0.5) is 4.39 Å². The molecule has 1 atom stereocenters. The minimum absolute atomic E-state index is 0.184. The number of aliphatic hydroxyl groups is 1. The standard InChI is InChI=1S/C11H12FNO5/c12-7-2-1-3-8(4-7)18-6-10(15)13-5-9(14)11(16)17/h1-4,9,14H,5-6H2,(H,13,15)(H,16,17)/t9-/m0/s1. The largest absolute Gasteiger partial charge is 0.484 e. The van der Waals surface area contributed by atoms with Crippen molar-refractivity contribution >= 4 is 11.9 Å². The lowest BCUT2D eigenvalue weighted by Gasteiger charge is -2.09. The Balaban J connectivity index is 2.31. The van der Waals surface area contributed by atoms with Crippen LogP contribution in [0.15, 0.2) is 24.3 Å². The van der Waals surface area contributed by atoms with Crippen LogP contribution in [0.2, 0.25) is 0 Å². The molecule has 1 amide bonds. The first-order chi connectivity index (χ1) is 8.49. The summed E-state index contributed by atoms with van der Waals surface area (Å²) in [5, 5.41) is 19.4. The first-order valence-corrected chi connectivity index (χ1v) is 5.05. The van der Waals surface area contributed by atoms with E-state index in [-0.39, 0.29) is 5.75 Å². The second kappa shape index (κ2) is 6.55. The Morgan fingerprint density at radius 2 is 2.17 bits per heavy atom. The fourth-order valence-electron chi connectivity index (χ4n) is 1.05. The first-order valence-electron chi connectivity index (χ1n) is 5.05. The summed E-state index contributed by atoms with van der Waals surface area (Å²) in [6, 6.07) is 5.24. The predicted octanol–water partition coefficient (Wildman–Crippen LogP) is -0.234. The Hall–Kier alpha value is -2.15. The van der Waals surface area contributed by atoms with Crippen LogP contribution in [0, 0.1) is 5.82 Å². The van der Waals surface area contributed by atoms with E-state index < -0.39 is 36.9 Å². The van der Waals surface area contributed by atoms with Crippen LogP contribution in [-0.4, -0.2) is 41.3 Å². The maximum atomic E-state index is 12.8. The Labute approximate surface area is 102 Å². The smallest absolute Gasteiger partial charge is 0.334 e. The van der Waals surface area contributed by atoms with Gasteiger partial charge in [0.25, 0.3) is 5.91 Å². The summed E-state index contributed by atoms with van der Waals surface area (Å²) in [6.45, 7) is -0.809. The molecule has 0 aromatic heterocycles. The van der Waals surface area contributed by atoms with Gasteiger partial charge in [0.05, 0.1) is 6.54 Å². The third kappa shape index (κ3) is 4.79. The van der Waals surface area contributed by atoms with Crippen molar-refractivity contribution in [3.8, 4) is 5.75 Å². The minimum atomic E-state index is -1.66. The van der Waals surface area contributed by atoms with Gasteiger partial charge in [0.15, 0.2) is 12.7 Å². The van der Waals surface area contributed by atoms with Gasteiger partial charge in [-0.2, -0.15) is 0 Å². The number of amides is 1. The van der Waals surface area contributed by atoms with E-state index in [9.17, 15) is 14.0 Å². The summed E-state index contributed by atoms with van der Waals surface area (Å²) in [7, 11) is 0. The lowest BCUT2D eigenvalue weighted by atomic mass is 10.3. The van der Waals surface area contributed by atoms with Crippen molar-refractivity contribution in [2.24, 2.45) is 0 Å². The molecule has 1 aromatic rings. The molecule has 3 N–H and O–H groups in total. The molecule has 0 fully saturated rings. The van der Waals surface area contributed by atoms with Crippen LogP contribution in [0.1, 0.15) is 0 Å². The third-order valence-corrected chi connectivity index (χ3v) is 1.94. The molecule has 0 bridgehead atoms. The van der Waals surface area contributed by atoms with Crippen LogP contribution in [-0.2, 0) is 9.59 Å². The van der Waals surface area contributed by atoms with Gasteiger partial charge in [-0.25, -0.2) is 9.18 Å². The summed E-state index contributed by atoms with van der Waals surface area (Å²) in [4.78, 5) is 21.4. The van der Waals surface area contributed by atoms with Crippen LogP contribution in [0.3, 0.4) is 0 Å². The van der Waals surface area contributed by atoms with Gasteiger partial charge in [0.1, 0.15) is 11.6 Å². The van der Waals surface area contributed by atoms with Gasteiger partial charge in [-0.15, -0.1) is 0 Å². The molecule has 0 radical (unpaired) electrons. The minimum Gasteiger partial charge on any atom is -0.484 e. The van der Waals surface area contributed by atoms with Gasteiger partial charge in [0, 0.05) is 6.07 Å². The lowest BCUT2D eigenvalue weighted by molar-refractivity contribution is -0.146. The van der Waals surface area contributed by atoms with Crippen LogP contribution >= 0.6 is 0 Å². The number of hydrogen-bond donors (Lipinski definition) is 3. The number of carboxylic acid groups (broad SMARTS) is 1. The van der Waals surface area contributed by atoms with Gasteiger partial charge >= 0.3 is 5.97 Å². The normalized spacial score (nSPS) is 11.7. The molecule has 18 heavy (non-hydrogen) atoms. The quantitative estimate of drug-likeness (QED) is 0.654. The number of hydrogen-bond acceptors (Lipinski definition) is 4. The van der Waals surface area contributed by atoms with Gasteiger partial charge in [-0.05, 0) is 12.1 Å². The second-order valence-corrected chi connectivity index (χ2v) is 3.40. The zero-order valence-corrected chi connectivity index (χ0v) is 9.30.